The number of benzene rings is 1. The maximum absolute atomic E-state index is 12.5. The maximum Gasteiger partial charge on any atom is 0.277 e. The van der Waals surface area contributed by atoms with Crippen LogP contribution in [0.3, 0.4) is 0 Å². The molecule has 9 nitrogen and oxygen atoms in total. The first-order chi connectivity index (χ1) is 16.1. The van der Waals surface area contributed by atoms with Gasteiger partial charge in [0, 0.05) is 42.3 Å². The summed E-state index contributed by atoms with van der Waals surface area (Å²) in [5, 5.41) is 12.0. The van der Waals surface area contributed by atoms with Gasteiger partial charge < -0.3 is 24.8 Å². The van der Waals surface area contributed by atoms with Crippen LogP contribution < -0.4 is 15.5 Å². The van der Waals surface area contributed by atoms with E-state index in [0.717, 1.165) is 29.3 Å². The van der Waals surface area contributed by atoms with E-state index < -0.39 is 0 Å². The largest absolute Gasteiger partial charge is 0.378 e. The molecule has 5 rings (SSSR count). The van der Waals surface area contributed by atoms with Crippen LogP contribution >= 0.6 is 11.3 Å². The van der Waals surface area contributed by atoms with Crippen LogP contribution in [0.25, 0.3) is 10.6 Å². The molecule has 1 amide bonds. The highest BCUT2D eigenvalue weighted by atomic mass is 32.1. The average molecular weight is 463 g/mol. The molecule has 1 saturated heterocycles. The normalized spacial score (nSPS) is 13.7. The van der Waals surface area contributed by atoms with E-state index in [1.54, 1.807) is 6.07 Å². The van der Waals surface area contributed by atoms with Gasteiger partial charge in [0.1, 0.15) is 5.82 Å². The summed E-state index contributed by atoms with van der Waals surface area (Å²) in [7, 11) is 0. The molecule has 0 atom stereocenters. The van der Waals surface area contributed by atoms with Gasteiger partial charge in [0.15, 0.2) is 11.5 Å². The number of hydrogen-bond acceptors (Lipinski definition) is 9. The average Bonchev–Trinajstić information content (AvgIpc) is 3.53. The standard InChI is InChI=1S/C23H22N6O3S/c1-15-13-21(27-23(24-15)29-8-10-31-11-9-29)25-16-4-6-17(7-5-16)26-22(30)18-14-19(32-28-18)20-3-2-12-33-20/h2-7,12-14H,8-11H2,1H3,(H,26,30)(H,24,25,27). The Morgan fingerprint density at radius 2 is 1.85 bits per heavy atom. The highest BCUT2D eigenvalue weighted by Crippen LogP contribution is 2.26. The number of thiophene rings is 1. The minimum Gasteiger partial charge on any atom is -0.378 e. The van der Waals surface area contributed by atoms with Gasteiger partial charge in [-0.1, -0.05) is 11.2 Å². The molecule has 0 aliphatic carbocycles. The number of morpholine rings is 1. The lowest BCUT2D eigenvalue weighted by molar-refractivity contribution is 0.101. The van der Waals surface area contributed by atoms with Crippen molar-refractivity contribution in [3.05, 3.63) is 65.3 Å². The second kappa shape index (κ2) is 9.39. The Hall–Kier alpha value is -3.76. The van der Waals surface area contributed by atoms with Crippen molar-refractivity contribution < 1.29 is 14.1 Å². The molecule has 168 valence electrons. The first-order valence-electron chi connectivity index (χ1n) is 10.5. The van der Waals surface area contributed by atoms with Crippen LogP contribution in [0.5, 0.6) is 0 Å². The molecule has 3 aromatic heterocycles. The third kappa shape index (κ3) is 5.02. The Bertz CT molecular complexity index is 1230. The molecule has 1 aliphatic rings. The first kappa shape index (κ1) is 21.1. The predicted octanol–water partition coefficient (Wildman–Crippen LogP) is 4.33. The Morgan fingerprint density at radius 3 is 2.61 bits per heavy atom. The van der Waals surface area contributed by atoms with Gasteiger partial charge in [-0.05, 0) is 42.6 Å². The molecule has 2 N–H and O–H groups in total. The zero-order chi connectivity index (χ0) is 22.6. The van der Waals surface area contributed by atoms with Crippen molar-refractivity contribution in [2.24, 2.45) is 0 Å². The maximum atomic E-state index is 12.5. The monoisotopic (exact) mass is 462 g/mol. The Labute approximate surface area is 194 Å². The molecule has 0 spiro atoms. The third-order valence-corrected chi connectivity index (χ3v) is 5.94. The summed E-state index contributed by atoms with van der Waals surface area (Å²) < 4.78 is 10.7. The van der Waals surface area contributed by atoms with E-state index in [2.05, 4.69) is 30.7 Å². The molecule has 33 heavy (non-hydrogen) atoms. The van der Waals surface area contributed by atoms with Crippen LogP contribution in [-0.4, -0.2) is 47.3 Å². The van der Waals surface area contributed by atoms with E-state index >= 15 is 0 Å². The van der Waals surface area contributed by atoms with E-state index in [1.165, 1.54) is 11.3 Å². The fourth-order valence-electron chi connectivity index (χ4n) is 3.42. The van der Waals surface area contributed by atoms with Crippen LogP contribution in [0, 0.1) is 6.92 Å². The number of nitrogens with one attached hydrogen (secondary N) is 2. The summed E-state index contributed by atoms with van der Waals surface area (Å²) in [6, 6.07) is 14.8. The van der Waals surface area contributed by atoms with Crippen LogP contribution in [-0.2, 0) is 4.74 Å². The van der Waals surface area contributed by atoms with Crippen molar-refractivity contribution in [1.82, 2.24) is 15.1 Å². The van der Waals surface area contributed by atoms with Crippen molar-refractivity contribution in [3.8, 4) is 10.6 Å². The zero-order valence-electron chi connectivity index (χ0n) is 17.9. The molecule has 10 heteroatoms. The minimum atomic E-state index is -0.330. The Morgan fingerprint density at radius 1 is 1.06 bits per heavy atom. The molecule has 1 fully saturated rings. The summed E-state index contributed by atoms with van der Waals surface area (Å²) in [4.78, 5) is 24.8. The third-order valence-electron chi connectivity index (χ3n) is 5.06. The summed E-state index contributed by atoms with van der Waals surface area (Å²) in [5.41, 5.74) is 2.61. The lowest BCUT2D eigenvalue weighted by Crippen LogP contribution is -2.37. The molecule has 4 aromatic rings. The number of ether oxygens (including phenoxy) is 1. The quantitative estimate of drug-likeness (QED) is 0.436. The number of anilines is 4. The van der Waals surface area contributed by atoms with E-state index in [4.69, 9.17) is 9.26 Å². The van der Waals surface area contributed by atoms with Crippen molar-refractivity contribution in [1.29, 1.82) is 0 Å². The fourth-order valence-corrected chi connectivity index (χ4v) is 4.09. The molecule has 0 radical (unpaired) electrons. The van der Waals surface area contributed by atoms with E-state index in [9.17, 15) is 4.79 Å². The number of hydrogen-bond donors (Lipinski definition) is 2. The molecule has 1 aromatic carbocycles. The number of carbonyl (C=O) groups is 1. The van der Waals surface area contributed by atoms with Gasteiger partial charge in [0.25, 0.3) is 5.91 Å². The summed E-state index contributed by atoms with van der Waals surface area (Å²) in [6.45, 7) is 4.85. The highest BCUT2D eigenvalue weighted by Gasteiger charge is 2.16. The zero-order valence-corrected chi connectivity index (χ0v) is 18.8. The van der Waals surface area contributed by atoms with Gasteiger partial charge in [-0.25, -0.2) is 4.98 Å². The second-order valence-corrected chi connectivity index (χ2v) is 8.45. The van der Waals surface area contributed by atoms with E-state index in [1.807, 2.05) is 54.8 Å². The van der Waals surface area contributed by atoms with Crippen LogP contribution in [0.2, 0.25) is 0 Å². The van der Waals surface area contributed by atoms with Crippen molar-refractivity contribution in [3.63, 3.8) is 0 Å². The van der Waals surface area contributed by atoms with Gasteiger partial charge in [0.05, 0.1) is 18.1 Å². The number of aromatic nitrogens is 3. The molecule has 4 heterocycles. The van der Waals surface area contributed by atoms with Gasteiger partial charge >= 0.3 is 0 Å². The van der Waals surface area contributed by atoms with Gasteiger partial charge in [-0.15, -0.1) is 11.3 Å². The second-order valence-electron chi connectivity index (χ2n) is 7.50. The van der Waals surface area contributed by atoms with Crippen LogP contribution in [0.4, 0.5) is 23.1 Å². The molecular weight excluding hydrogens is 440 g/mol. The van der Waals surface area contributed by atoms with Crippen molar-refractivity contribution in [2.75, 3.05) is 41.8 Å². The van der Waals surface area contributed by atoms with Crippen LogP contribution in [0.15, 0.2) is 58.4 Å². The Balaban J connectivity index is 1.24. The topological polar surface area (TPSA) is 105 Å². The lowest BCUT2D eigenvalue weighted by Gasteiger charge is -2.27. The predicted molar refractivity (Wildman–Crippen MR) is 127 cm³/mol. The molecular formula is C23H22N6O3S. The van der Waals surface area contributed by atoms with Gasteiger partial charge in [0.2, 0.25) is 5.95 Å². The fraction of sp³-hybridized carbons (Fsp3) is 0.217. The SMILES string of the molecule is Cc1cc(Nc2ccc(NC(=O)c3cc(-c4cccs4)on3)cc2)nc(N2CCOCC2)n1. The highest BCUT2D eigenvalue weighted by molar-refractivity contribution is 7.13. The summed E-state index contributed by atoms with van der Waals surface area (Å²) >= 11 is 1.53. The summed E-state index contributed by atoms with van der Waals surface area (Å²) in [6.07, 6.45) is 0. The Kier molecular flexibility index (Phi) is 6.01. The molecule has 0 unspecified atom stereocenters. The number of nitrogens with zero attached hydrogens (tertiary/aromatic N) is 4. The van der Waals surface area contributed by atoms with E-state index in [-0.39, 0.29) is 11.6 Å². The van der Waals surface area contributed by atoms with Gasteiger partial charge in [-0.3, -0.25) is 4.79 Å². The summed E-state index contributed by atoms with van der Waals surface area (Å²) in [5.74, 6) is 1.65. The minimum absolute atomic E-state index is 0.229. The smallest absolute Gasteiger partial charge is 0.277 e. The molecule has 1 aliphatic heterocycles. The lowest BCUT2D eigenvalue weighted by atomic mass is 10.2. The molecule has 0 bridgehead atoms. The molecule has 0 saturated carbocycles. The first-order valence-corrected chi connectivity index (χ1v) is 11.4. The number of rotatable bonds is 6. The van der Waals surface area contributed by atoms with Crippen molar-refractivity contribution >= 4 is 40.4 Å². The van der Waals surface area contributed by atoms with Crippen molar-refractivity contribution in [2.45, 2.75) is 6.92 Å². The van der Waals surface area contributed by atoms with Crippen LogP contribution in [0.1, 0.15) is 16.2 Å². The van der Waals surface area contributed by atoms with Gasteiger partial charge in [-0.2, -0.15) is 4.98 Å². The van der Waals surface area contributed by atoms with E-state index in [0.29, 0.717) is 36.4 Å². The number of aryl methyl sites for hydroxylation is 1. The number of carbonyl (C=O) groups excluding carboxylic acids is 1. The number of amides is 1.